The van der Waals surface area contributed by atoms with Crippen LogP contribution in [0.25, 0.3) is 0 Å². The third-order valence-electron chi connectivity index (χ3n) is 1.11. The van der Waals surface area contributed by atoms with Crippen molar-refractivity contribution >= 4 is 31.4 Å². The molecule has 0 heterocycles. The third-order valence-corrected chi connectivity index (χ3v) is 1.11. The first-order valence-electron chi connectivity index (χ1n) is 2.92. The summed E-state index contributed by atoms with van der Waals surface area (Å²) >= 11 is 0. The fourth-order valence-corrected chi connectivity index (χ4v) is 0.456. The van der Waals surface area contributed by atoms with Crippen LogP contribution in [0.1, 0.15) is 0 Å². The highest BCUT2D eigenvalue weighted by Crippen LogP contribution is 2.03. The zero-order valence-corrected chi connectivity index (χ0v) is 6.04. The summed E-state index contributed by atoms with van der Waals surface area (Å²) in [6.07, 6.45) is 0. The molecule has 0 amide bonds. The van der Waals surface area contributed by atoms with Gasteiger partial charge in [-0.25, -0.2) is 5.48 Å². The van der Waals surface area contributed by atoms with E-state index in [1.54, 1.807) is 0 Å². The second kappa shape index (κ2) is 5.33. The van der Waals surface area contributed by atoms with Gasteiger partial charge in [-0.15, -0.1) is 22.4 Å². The second-order valence-electron chi connectivity index (χ2n) is 1.90. The van der Waals surface area contributed by atoms with Crippen molar-refractivity contribution in [3.05, 3.63) is 22.4 Å². The highest BCUT2D eigenvalue weighted by Gasteiger charge is 1.95. The Morgan fingerprint density at radius 2 is 1.91 bits per heavy atom. The summed E-state index contributed by atoms with van der Waals surface area (Å²) in [5, 5.41) is 8.23. The van der Waals surface area contributed by atoms with E-state index in [4.69, 9.17) is 36.6 Å². The summed E-state index contributed by atoms with van der Waals surface area (Å²) in [5.74, 6) is 1.14. The van der Waals surface area contributed by atoms with E-state index in [0.29, 0.717) is 0 Å². The fourth-order valence-electron chi connectivity index (χ4n) is 0.456. The van der Waals surface area contributed by atoms with Crippen LogP contribution >= 0.6 is 0 Å². The third kappa shape index (κ3) is 3.54. The van der Waals surface area contributed by atoms with Crippen LogP contribution in [-0.4, -0.2) is 43.1 Å². The molecule has 48 valence electrons. The number of allylic oxidation sites excluding steroid dienone is 2. The molecule has 0 aliphatic carbocycles. The Kier molecular flexibility index (Phi) is 5.16. The van der Waals surface area contributed by atoms with E-state index < -0.39 is 0 Å². The summed E-state index contributed by atoms with van der Waals surface area (Å²) in [7, 11) is 21.1. The van der Waals surface area contributed by atoms with Gasteiger partial charge in [0.15, 0.2) is 0 Å². The normalized spacial score (nSPS) is 14.5. The van der Waals surface area contributed by atoms with Crippen LogP contribution in [0.5, 0.6) is 0 Å². The highest BCUT2D eigenvalue weighted by atomic mass is 16.5. The van der Waals surface area contributed by atoms with Crippen LogP contribution in [0.4, 0.5) is 0 Å². The number of rotatable bonds is 3. The Labute approximate surface area is 71.7 Å². The molecule has 0 aliphatic heterocycles. The Bertz CT molecular complexity index is 189. The van der Waals surface area contributed by atoms with Crippen LogP contribution < -0.4 is 5.48 Å². The zero-order valence-electron chi connectivity index (χ0n) is 6.04. The van der Waals surface area contributed by atoms with E-state index in [0.717, 1.165) is 5.98 Å². The summed E-state index contributed by atoms with van der Waals surface area (Å²) in [4.78, 5) is 0. The zero-order chi connectivity index (χ0) is 8.85. The van der Waals surface area contributed by atoms with E-state index in [1.165, 1.54) is 0 Å². The molecule has 0 atom stereocenters. The number of nitrogens with one attached hydrogen (secondary N) is 1. The van der Waals surface area contributed by atoms with E-state index in [1.807, 2.05) is 5.48 Å². The van der Waals surface area contributed by atoms with Crippen LogP contribution in [0.2, 0.25) is 0 Å². The molecule has 0 spiro atoms. The summed E-state index contributed by atoms with van der Waals surface area (Å²) in [6, 6.07) is 0. The highest BCUT2D eigenvalue weighted by molar-refractivity contribution is 6.42. The molecule has 8 radical (unpaired) electrons. The molecule has 6 heteroatoms. The Morgan fingerprint density at radius 3 is 2.27 bits per heavy atom. The van der Waals surface area contributed by atoms with Gasteiger partial charge in [0.05, 0.1) is 0 Å². The largest absolute Gasteiger partial charge is 0.317 e. The summed E-state index contributed by atoms with van der Waals surface area (Å²) in [6.45, 7) is 0.0559. The van der Waals surface area contributed by atoms with Gasteiger partial charge in [0.25, 0.3) is 0 Å². The Morgan fingerprint density at radius 1 is 1.36 bits per heavy atom. The predicted octanol–water partition coefficient (Wildman–Crippen LogP) is -1.31. The average molecular weight is 138 g/mol. The molecule has 2 N–H and O–H groups in total. The molecule has 0 fully saturated rings. The van der Waals surface area contributed by atoms with Crippen molar-refractivity contribution in [3.63, 3.8) is 0 Å². The number of hydroxylamine groups is 1. The van der Waals surface area contributed by atoms with Gasteiger partial charge in [0.1, 0.15) is 31.4 Å². The first-order chi connectivity index (χ1) is 5.13. The minimum Gasteiger partial charge on any atom is -0.317 e. The lowest BCUT2D eigenvalue weighted by atomic mass is 9.69. The SMILES string of the molecule is [B]/C=C([B])/C([B])=C(/[B])CNO. The quantitative estimate of drug-likeness (QED) is 0.288. The van der Waals surface area contributed by atoms with Crippen molar-refractivity contribution in [2.75, 3.05) is 6.54 Å². The van der Waals surface area contributed by atoms with Crippen LogP contribution in [0.3, 0.4) is 0 Å². The topological polar surface area (TPSA) is 32.3 Å². The lowest BCUT2D eigenvalue weighted by Gasteiger charge is -2.08. The molecule has 2 nitrogen and oxygen atoms in total. The molecular formula is C5H5B4NO. The molecule has 0 saturated carbocycles. The molecule has 0 bridgehead atoms. The minimum atomic E-state index is 0.0559. The van der Waals surface area contributed by atoms with Crippen LogP contribution in [-0.2, 0) is 0 Å². The maximum Gasteiger partial charge on any atom is 0.111 e. The van der Waals surface area contributed by atoms with E-state index >= 15 is 0 Å². The standard InChI is InChI=1S/C5H5B4NO/c6-1-3(7)5(9)4(8)2-10-11/h1,10-11H,2H2/b3-1-,5-4-. The Balaban J connectivity index is 4.39. The number of hydrogen-bond donors (Lipinski definition) is 2. The average Bonchev–Trinajstić information content (AvgIpc) is 2.02. The molecule has 0 aliphatic rings. The van der Waals surface area contributed by atoms with Gasteiger partial charge in [-0.2, -0.15) is 0 Å². The Hall–Kier alpha value is -0.340. The van der Waals surface area contributed by atoms with Gasteiger partial charge in [0, 0.05) is 6.54 Å². The lowest BCUT2D eigenvalue weighted by molar-refractivity contribution is 0.178. The van der Waals surface area contributed by atoms with E-state index in [2.05, 4.69) is 0 Å². The molecule has 0 aromatic rings. The van der Waals surface area contributed by atoms with Gasteiger partial charge in [0.2, 0.25) is 0 Å². The van der Waals surface area contributed by atoms with Gasteiger partial charge < -0.3 is 5.21 Å². The van der Waals surface area contributed by atoms with E-state index in [-0.39, 0.29) is 23.0 Å². The van der Waals surface area contributed by atoms with Gasteiger partial charge in [-0.3, -0.25) is 0 Å². The predicted molar refractivity (Wildman–Crippen MR) is 47.9 cm³/mol. The summed E-state index contributed by atoms with van der Waals surface area (Å²) < 4.78 is 0. The van der Waals surface area contributed by atoms with Crippen molar-refractivity contribution in [1.82, 2.24) is 5.48 Å². The molecule has 0 aromatic carbocycles. The lowest BCUT2D eigenvalue weighted by Crippen LogP contribution is -2.14. The minimum absolute atomic E-state index is 0.0559. The summed E-state index contributed by atoms with van der Waals surface area (Å²) in [5.41, 5.74) is 2.45. The van der Waals surface area contributed by atoms with Gasteiger partial charge in [-0.05, 0) is 0 Å². The monoisotopic (exact) mass is 139 g/mol. The van der Waals surface area contributed by atoms with Crippen molar-refractivity contribution < 1.29 is 5.21 Å². The molecular weight excluding hydrogens is 133 g/mol. The first kappa shape index (κ1) is 10.7. The first-order valence-corrected chi connectivity index (χ1v) is 2.92. The van der Waals surface area contributed by atoms with Crippen LogP contribution in [0, 0.1) is 0 Å². The molecule has 0 rings (SSSR count). The van der Waals surface area contributed by atoms with E-state index in [9.17, 15) is 0 Å². The molecule has 11 heavy (non-hydrogen) atoms. The second-order valence-corrected chi connectivity index (χ2v) is 1.90. The van der Waals surface area contributed by atoms with Crippen molar-refractivity contribution in [2.24, 2.45) is 0 Å². The maximum atomic E-state index is 8.23. The molecule has 0 aromatic heterocycles. The van der Waals surface area contributed by atoms with Gasteiger partial charge >= 0.3 is 0 Å². The van der Waals surface area contributed by atoms with Crippen molar-refractivity contribution in [3.8, 4) is 0 Å². The molecule has 0 saturated heterocycles. The smallest absolute Gasteiger partial charge is 0.111 e. The maximum absolute atomic E-state index is 8.23. The van der Waals surface area contributed by atoms with Crippen LogP contribution in [0.15, 0.2) is 22.4 Å². The van der Waals surface area contributed by atoms with Crippen molar-refractivity contribution in [1.29, 1.82) is 0 Å². The fraction of sp³-hybridized carbons (Fsp3) is 0.200. The molecule has 0 unspecified atom stereocenters. The van der Waals surface area contributed by atoms with Crippen molar-refractivity contribution in [2.45, 2.75) is 0 Å². The van der Waals surface area contributed by atoms with Gasteiger partial charge in [-0.1, -0.05) is 0 Å². The number of hydrogen-bond acceptors (Lipinski definition) is 2.